The van der Waals surface area contributed by atoms with Crippen molar-refractivity contribution in [1.29, 1.82) is 0 Å². The van der Waals surface area contributed by atoms with Crippen LogP contribution in [0.5, 0.6) is 0 Å². The number of nitrogens with one attached hydrogen (secondary N) is 1. The molecule has 0 aliphatic carbocycles. The summed E-state index contributed by atoms with van der Waals surface area (Å²) in [5.74, 6) is -1.71. The van der Waals surface area contributed by atoms with E-state index in [4.69, 9.17) is 0 Å². The van der Waals surface area contributed by atoms with Gasteiger partial charge in [-0.3, -0.25) is 0 Å². The number of aromatic nitrogens is 1. The molecule has 0 saturated carbocycles. The molecular formula is C16H10F6N2O. The molecule has 1 aromatic heterocycles. The van der Waals surface area contributed by atoms with Crippen molar-refractivity contribution in [3.05, 3.63) is 59.5 Å². The molecule has 0 radical (unpaired) electrons. The maximum atomic E-state index is 13.4. The summed E-state index contributed by atoms with van der Waals surface area (Å²) in [7, 11) is 0. The summed E-state index contributed by atoms with van der Waals surface area (Å²) in [6.45, 7) is 0.0652. The summed E-state index contributed by atoms with van der Waals surface area (Å²) in [5, 5.41) is 2.59. The van der Waals surface area contributed by atoms with Gasteiger partial charge in [0.25, 0.3) is 0 Å². The van der Waals surface area contributed by atoms with Crippen LogP contribution in [0.1, 0.15) is 17.0 Å². The van der Waals surface area contributed by atoms with E-state index < -0.39 is 34.9 Å². The van der Waals surface area contributed by atoms with Gasteiger partial charge in [0.2, 0.25) is 0 Å². The Hall–Kier alpha value is -2.71. The van der Waals surface area contributed by atoms with Crippen LogP contribution in [0.3, 0.4) is 0 Å². The summed E-state index contributed by atoms with van der Waals surface area (Å²) in [4.78, 5) is 3.10. The number of hydrogen-bond donors (Lipinski definition) is 1. The third-order valence-corrected chi connectivity index (χ3v) is 3.41. The first-order chi connectivity index (χ1) is 11.7. The minimum absolute atomic E-state index is 0.0652. The molecule has 0 atom stereocenters. The van der Waals surface area contributed by atoms with Crippen molar-refractivity contribution in [1.82, 2.24) is 4.98 Å². The van der Waals surface area contributed by atoms with E-state index in [9.17, 15) is 26.3 Å². The van der Waals surface area contributed by atoms with Crippen LogP contribution in [-0.2, 0) is 18.9 Å². The van der Waals surface area contributed by atoms with Crippen LogP contribution in [0.15, 0.2) is 46.9 Å². The van der Waals surface area contributed by atoms with Gasteiger partial charge in [0.05, 0.1) is 5.69 Å². The number of hydrogen-bond acceptors (Lipinski definition) is 3. The van der Waals surface area contributed by atoms with Gasteiger partial charge >= 0.3 is 18.2 Å². The zero-order valence-corrected chi connectivity index (χ0v) is 12.4. The molecule has 0 bridgehead atoms. The molecule has 9 heteroatoms. The highest BCUT2D eigenvalue weighted by atomic mass is 19.4. The molecule has 3 rings (SSSR count). The minimum atomic E-state index is -4.97. The molecule has 132 valence electrons. The van der Waals surface area contributed by atoms with Gasteiger partial charge in [-0.25, -0.2) is 4.98 Å². The van der Waals surface area contributed by atoms with Crippen molar-refractivity contribution in [2.75, 3.05) is 5.32 Å². The summed E-state index contributed by atoms with van der Waals surface area (Å²) in [6, 6.07) is 10.7. The molecule has 3 aromatic rings. The number of benzene rings is 2. The Kier molecular flexibility index (Phi) is 4.09. The van der Waals surface area contributed by atoms with Crippen molar-refractivity contribution in [2.45, 2.75) is 18.9 Å². The van der Waals surface area contributed by atoms with Gasteiger partial charge in [0.1, 0.15) is 11.1 Å². The van der Waals surface area contributed by atoms with Gasteiger partial charge in [0, 0.05) is 6.54 Å². The van der Waals surface area contributed by atoms with E-state index in [1.807, 2.05) is 0 Å². The Morgan fingerprint density at radius 1 is 0.880 bits per heavy atom. The van der Waals surface area contributed by atoms with Crippen molar-refractivity contribution in [2.24, 2.45) is 0 Å². The summed E-state index contributed by atoms with van der Waals surface area (Å²) in [5.41, 5.74) is -2.44. The smallest absolute Gasteiger partial charge is 0.432 e. The Bertz CT molecular complexity index is 883. The standard InChI is InChI=1S/C16H10F6N2O/c17-15(18,19)12-10(23-8-9-4-2-1-3-5-9)6-7-11-13(12)25-14(24-11)16(20,21)22/h1-7,23H,8H2. The summed E-state index contributed by atoms with van der Waals surface area (Å²) >= 11 is 0. The van der Waals surface area contributed by atoms with E-state index in [0.717, 1.165) is 12.1 Å². The molecule has 3 nitrogen and oxygen atoms in total. The van der Waals surface area contributed by atoms with Crippen molar-refractivity contribution in [3.8, 4) is 0 Å². The van der Waals surface area contributed by atoms with Crippen molar-refractivity contribution < 1.29 is 30.8 Å². The number of nitrogens with zero attached hydrogens (tertiary/aromatic N) is 1. The second kappa shape index (κ2) is 5.98. The van der Waals surface area contributed by atoms with E-state index in [1.54, 1.807) is 30.3 Å². The van der Waals surface area contributed by atoms with Gasteiger partial charge in [-0.1, -0.05) is 30.3 Å². The van der Waals surface area contributed by atoms with E-state index >= 15 is 0 Å². The van der Waals surface area contributed by atoms with Crippen molar-refractivity contribution in [3.63, 3.8) is 0 Å². The van der Waals surface area contributed by atoms with Gasteiger partial charge < -0.3 is 9.73 Å². The average Bonchev–Trinajstić information content (AvgIpc) is 2.96. The third kappa shape index (κ3) is 3.54. The van der Waals surface area contributed by atoms with Crippen LogP contribution in [0.2, 0.25) is 0 Å². The second-order valence-corrected chi connectivity index (χ2v) is 5.19. The maximum Gasteiger partial charge on any atom is 0.468 e. The number of rotatable bonds is 3. The van der Waals surface area contributed by atoms with E-state index in [-0.39, 0.29) is 12.2 Å². The van der Waals surface area contributed by atoms with Gasteiger partial charge in [-0.2, -0.15) is 26.3 Å². The van der Waals surface area contributed by atoms with Crippen LogP contribution in [0.25, 0.3) is 11.1 Å². The predicted octanol–water partition coefficient (Wildman–Crippen LogP) is 5.48. The number of fused-ring (bicyclic) bond motifs is 1. The Labute approximate surface area is 137 Å². The maximum absolute atomic E-state index is 13.4. The highest BCUT2D eigenvalue weighted by molar-refractivity contribution is 5.83. The highest BCUT2D eigenvalue weighted by Crippen LogP contribution is 2.42. The fourth-order valence-corrected chi connectivity index (χ4v) is 2.34. The topological polar surface area (TPSA) is 38.1 Å². The first-order valence-electron chi connectivity index (χ1n) is 7.02. The molecule has 0 fully saturated rings. The number of oxazole rings is 1. The zero-order chi connectivity index (χ0) is 18.2. The summed E-state index contributed by atoms with van der Waals surface area (Å²) in [6.07, 6.45) is -9.89. The first-order valence-corrected chi connectivity index (χ1v) is 7.02. The normalized spacial score (nSPS) is 12.6. The Balaban J connectivity index is 2.06. The number of anilines is 1. The van der Waals surface area contributed by atoms with Gasteiger partial charge in [-0.15, -0.1) is 0 Å². The highest BCUT2D eigenvalue weighted by Gasteiger charge is 2.42. The molecule has 0 spiro atoms. The quantitative estimate of drug-likeness (QED) is 0.629. The van der Waals surface area contributed by atoms with Crippen molar-refractivity contribution >= 4 is 16.8 Å². The lowest BCUT2D eigenvalue weighted by Crippen LogP contribution is -2.11. The molecular weight excluding hydrogens is 350 g/mol. The zero-order valence-electron chi connectivity index (χ0n) is 12.4. The first kappa shape index (κ1) is 17.1. The fourth-order valence-electron chi connectivity index (χ4n) is 2.34. The molecule has 1 N–H and O–H groups in total. The van der Waals surface area contributed by atoms with Crippen LogP contribution in [0.4, 0.5) is 32.0 Å². The molecule has 1 heterocycles. The molecule has 0 aliphatic heterocycles. The molecule has 2 aromatic carbocycles. The fraction of sp³-hybridized carbons (Fsp3) is 0.188. The monoisotopic (exact) mass is 360 g/mol. The lowest BCUT2D eigenvalue weighted by molar-refractivity contribution is -0.157. The van der Waals surface area contributed by atoms with Gasteiger partial charge in [-0.05, 0) is 17.7 Å². The average molecular weight is 360 g/mol. The number of alkyl halides is 6. The van der Waals surface area contributed by atoms with Crippen LogP contribution >= 0.6 is 0 Å². The van der Waals surface area contributed by atoms with Crippen LogP contribution in [0, 0.1) is 0 Å². The Morgan fingerprint density at radius 3 is 2.16 bits per heavy atom. The predicted molar refractivity (Wildman–Crippen MR) is 77.8 cm³/mol. The Morgan fingerprint density at radius 2 is 1.56 bits per heavy atom. The minimum Gasteiger partial charge on any atom is -0.432 e. The van der Waals surface area contributed by atoms with E-state index in [1.165, 1.54) is 0 Å². The van der Waals surface area contributed by atoms with E-state index in [2.05, 4.69) is 14.7 Å². The molecule has 0 amide bonds. The summed E-state index contributed by atoms with van der Waals surface area (Å²) < 4.78 is 82.6. The van der Waals surface area contributed by atoms with Gasteiger partial charge in [0.15, 0.2) is 5.58 Å². The lowest BCUT2D eigenvalue weighted by Gasteiger charge is -2.14. The third-order valence-electron chi connectivity index (χ3n) is 3.41. The molecule has 25 heavy (non-hydrogen) atoms. The molecule has 0 unspecified atom stereocenters. The second-order valence-electron chi connectivity index (χ2n) is 5.19. The molecule has 0 saturated heterocycles. The molecule has 0 aliphatic rings. The largest absolute Gasteiger partial charge is 0.468 e. The van der Waals surface area contributed by atoms with Crippen LogP contribution < -0.4 is 5.32 Å². The van der Waals surface area contributed by atoms with E-state index in [0.29, 0.717) is 5.56 Å². The lowest BCUT2D eigenvalue weighted by atomic mass is 10.1. The van der Waals surface area contributed by atoms with Crippen LogP contribution in [-0.4, -0.2) is 4.98 Å². The number of halogens is 6. The SMILES string of the molecule is FC(F)(F)c1nc2ccc(NCc3ccccc3)c(C(F)(F)F)c2o1.